The molecule has 1 aromatic heterocycles. The zero-order chi connectivity index (χ0) is 16.6. The number of aromatic nitrogens is 1. The monoisotopic (exact) mass is 334 g/mol. The molecule has 24 heavy (non-hydrogen) atoms. The van der Waals surface area contributed by atoms with Gasteiger partial charge >= 0.3 is 0 Å². The highest BCUT2D eigenvalue weighted by Crippen LogP contribution is 2.40. The molecule has 0 aromatic carbocycles. The van der Waals surface area contributed by atoms with Crippen molar-refractivity contribution in [3.05, 3.63) is 30.1 Å². The fourth-order valence-corrected chi connectivity index (χ4v) is 3.99. The van der Waals surface area contributed by atoms with E-state index in [0.717, 1.165) is 24.8 Å². The van der Waals surface area contributed by atoms with E-state index in [1.54, 1.807) is 17.3 Å². The van der Waals surface area contributed by atoms with Crippen LogP contribution >= 0.6 is 0 Å². The van der Waals surface area contributed by atoms with Crippen LogP contribution in [-0.2, 0) is 20.9 Å². The van der Waals surface area contributed by atoms with E-state index in [2.05, 4.69) is 4.98 Å². The second-order valence-electron chi connectivity index (χ2n) is 7.00. The average molecular weight is 334 g/mol. The van der Waals surface area contributed by atoms with Gasteiger partial charge in [0, 0.05) is 18.9 Å². The first-order valence-electron chi connectivity index (χ1n) is 8.79. The quantitative estimate of drug-likeness (QED) is 0.847. The Bertz CT molecular complexity index is 593. The highest BCUT2D eigenvalue weighted by atomic mass is 19.1. The van der Waals surface area contributed by atoms with Gasteiger partial charge in [0.15, 0.2) is 5.67 Å². The fourth-order valence-electron chi connectivity index (χ4n) is 3.99. The van der Waals surface area contributed by atoms with Gasteiger partial charge in [-0.3, -0.25) is 9.78 Å². The van der Waals surface area contributed by atoms with E-state index in [1.807, 2.05) is 12.1 Å². The second kappa shape index (κ2) is 6.41. The van der Waals surface area contributed by atoms with Gasteiger partial charge in [-0.1, -0.05) is 0 Å². The molecule has 3 fully saturated rings. The molecule has 4 rings (SSSR count). The van der Waals surface area contributed by atoms with Crippen LogP contribution in [0.5, 0.6) is 0 Å². The molecule has 2 bridgehead atoms. The van der Waals surface area contributed by atoms with Gasteiger partial charge in [0.05, 0.1) is 25.4 Å². The van der Waals surface area contributed by atoms with Crippen LogP contribution < -0.4 is 0 Å². The molecule has 6 heteroatoms. The molecule has 0 N–H and O–H groups in total. The number of halogens is 1. The van der Waals surface area contributed by atoms with E-state index in [0.29, 0.717) is 32.6 Å². The summed E-state index contributed by atoms with van der Waals surface area (Å²) in [5, 5.41) is 0. The predicted octanol–water partition coefficient (Wildman–Crippen LogP) is 2.25. The van der Waals surface area contributed by atoms with E-state index in [4.69, 9.17) is 9.47 Å². The van der Waals surface area contributed by atoms with Gasteiger partial charge in [-0.15, -0.1) is 0 Å². The Morgan fingerprint density at radius 3 is 2.88 bits per heavy atom. The molecule has 2 heterocycles. The molecule has 0 spiro atoms. The Morgan fingerprint density at radius 2 is 2.17 bits per heavy atom. The van der Waals surface area contributed by atoms with Crippen molar-refractivity contribution in [3.63, 3.8) is 0 Å². The third kappa shape index (κ3) is 2.82. The largest absolute Gasteiger partial charge is 0.374 e. The van der Waals surface area contributed by atoms with E-state index >= 15 is 0 Å². The first-order chi connectivity index (χ1) is 11.7. The van der Waals surface area contributed by atoms with Gasteiger partial charge in [0.1, 0.15) is 6.10 Å². The lowest BCUT2D eigenvalue weighted by molar-refractivity contribution is -0.154. The lowest BCUT2D eigenvalue weighted by Crippen LogP contribution is -2.56. The van der Waals surface area contributed by atoms with Gasteiger partial charge in [-0.2, -0.15) is 0 Å². The minimum atomic E-state index is -1.65. The zero-order valence-corrected chi connectivity index (χ0v) is 13.7. The van der Waals surface area contributed by atoms with Gasteiger partial charge in [-0.25, -0.2) is 4.39 Å². The summed E-state index contributed by atoms with van der Waals surface area (Å²) in [7, 11) is 0. The molecule has 1 amide bonds. The van der Waals surface area contributed by atoms with Crippen LogP contribution in [0.4, 0.5) is 4.39 Å². The molecule has 1 aliphatic heterocycles. The van der Waals surface area contributed by atoms with Crippen molar-refractivity contribution in [2.45, 2.75) is 62.6 Å². The molecule has 130 valence electrons. The van der Waals surface area contributed by atoms with E-state index in [1.165, 1.54) is 0 Å². The molecule has 2 saturated carbocycles. The molecule has 1 aromatic rings. The van der Waals surface area contributed by atoms with Crippen LogP contribution in [0.25, 0.3) is 0 Å². The summed E-state index contributed by atoms with van der Waals surface area (Å²) < 4.78 is 26.6. The predicted molar refractivity (Wildman–Crippen MR) is 85.0 cm³/mol. The summed E-state index contributed by atoms with van der Waals surface area (Å²) in [6.45, 7) is 1.37. The number of ether oxygens (including phenoxy) is 2. The topological polar surface area (TPSA) is 51.7 Å². The molecule has 3 aliphatic rings. The van der Waals surface area contributed by atoms with Crippen molar-refractivity contribution in [1.82, 2.24) is 9.88 Å². The molecule has 1 saturated heterocycles. The van der Waals surface area contributed by atoms with Gasteiger partial charge < -0.3 is 14.4 Å². The van der Waals surface area contributed by atoms with Crippen molar-refractivity contribution >= 4 is 5.91 Å². The maximum absolute atomic E-state index is 14.6. The SMILES string of the molecule is O=C(N1CCO[C@H]2CC[C@H]1[C@@H]2OCc1ccncc1)C1(F)CCC1. The fraction of sp³-hybridized carbons (Fsp3) is 0.667. The number of alkyl halides is 1. The van der Waals surface area contributed by atoms with Crippen molar-refractivity contribution in [2.75, 3.05) is 13.2 Å². The molecule has 5 nitrogen and oxygen atoms in total. The lowest BCUT2D eigenvalue weighted by Gasteiger charge is -2.40. The van der Waals surface area contributed by atoms with Crippen molar-refractivity contribution < 1.29 is 18.7 Å². The van der Waals surface area contributed by atoms with Crippen molar-refractivity contribution in [2.24, 2.45) is 0 Å². The number of hydrogen-bond donors (Lipinski definition) is 0. The number of carbonyl (C=O) groups excluding carboxylic acids is 1. The minimum Gasteiger partial charge on any atom is -0.374 e. The zero-order valence-electron chi connectivity index (χ0n) is 13.7. The highest BCUT2D eigenvalue weighted by molar-refractivity contribution is 5.86. The van der Waals surface area contributed by atoms with Gasteiger partial charge in [-0.05, 0) is 49.8 Å². The van der Waals surface area contributed by atoms with Crippen molar-refractivity contribution in [3.8, 4) is 0 Å². The first kappa shape index (κ1) is 16.0. The van der Waals surface area contributed by atoms with Crippen LogP contribution in [0.15, 0.2) is 24.5 Å². The summed E-state index contributed by atoms with van der Waals surface area (Å²) >= 11 is 0. The molecule has 2 aliphatic carbocycles. The van der Waals surface area contributed by atoms with E-state index in [-0.39, 0.29) is 24.2 Å². The van der Waals surface area contributed by atoms with Crippen molar-refractivity contribution in [1.29, 1.82) is 0 Å². The number of nitrogens with zero attached hydrogens (tertiary/aromatic N) is 2. The first-order valence-corrected chi connectivity index (χ1v) is 8.79. The van der Waals surface area contributed by atoms with Crippen LogP contribution in [-0.4, -0.2) is 52.9 Å². The summed E-state index contributed by atoms with van der Waals surface area (Å²) in [6, 6.07) is 3.74. The smallest absolute Gasteiger partial charge is 0.260 e. The highest BCUT2D eigenvalue weighted by Gasteiger charge is 2.52. The van der Waals surface area contributed by atoms with E-state index < -0.39 is 5.67 Å². The maximum Gasteiger partial charge on any atom is 0.260 e. The number of rotatable bonds is 4. The normalized spacial score (nSPS) is 31.4. The summed E-state index contributed by atoms with van der Waals surface area (Å²) in [5.74, 6) is -0.359. The molecular weight excluding hydrogens is 311 g/mol. The number of amides is 1. The van der Waals surface area contributed by atoms with Crippen LogP contribution in [0, 0.1) is 0 Å². The number of pyridine rings is 1. The molecular formula is C18H23FN2O3. The third-order valence-corrected chi connectivity index (χ3v) is 5.54. The summed E-state index contributed by atoms with van der Waals surface area (Å²) in [6.07, 6.45) is 6.43. The Kier molecular flexibility index (Phi) is 4.26. The molecule has 3 atom stereocenters. The van der Waals surface area contributed by atoms with Gasteiger partial charge in [0.2, 0.25) is 0 Å². The Labute approximate surface area is 141 Å². The van der Waals surface area contributed by atoms with E-state index in [9.17, 15) is 9.18 Å². The number of hydrogen-bond acceptors (Lipinski definition) is 4. The molecule has 0 radical (unpaired) electrons. The number of carbonyl (C=O) groups is 1. The maximum atomic E-state index is 14.6. The second-order valence-corrected chi connectivity index (χ2v) is 7.00. The van der Waals surface area contributed by atoms with Crippen LogP contribution in [0.3, 0.4) is 0 Å². The number of fused-ring (bicyclic) bond motifs is 2. The van der Waals surface area contributed by atoms with Gasteiger partial charge in [0.25, 0.3) is 5.91 Å². The molecule has 0 unspecified atom stereocenters. The van der Waals surface area contributed by atoms with Crippen LogP contribution in [0.1, 0.15) is 37.7 Å². The third-order valence-electron chi connectivity index (χ3n) is 5.54. The standard InChI is InChI=1S/C18H23FN2O3/c19-18(6-1-7-18)17(22)21-10-11-23-15-3-2-14(21)16(15)24-12-13-4-8-20-9-5-13/h4-5,8-9,14-16H,1-3,6-7,10-12H2/t14-,15-,16-/m0/s1. The Morgan fingerprint density at radius 1 is 1.38 bits per heavy atom. The lowest BCUT2D eigenvalue weighted by atomic mass is 9.80. The Balaban J connectivity index is 1.48. The average Bonchev–Trinajstić information content (AvgIpc) is 2.86. The van der Waals surface area contributed by atoms with Crippen LogP contribution in [0.2, 0.25) is 0 Å². The summed E-state index contributed by atoms with van der Waals surface area (Å²) in [5.41, 5.74) is -0.620. The summed E-state index contributed by atoms with van der Waals surface area (Å²) in [4.78, 5) is 18.4. The Hall–Kier alpha value is -1.53. The minimum absolute atomic E-state index is 0.00779.